The molecule has 0 atom stereocenters. The van der Waals surface area contributed by atoms with Crippen LogP contribution < -0.4 is 4.74 Å². The summed E-state index contributed by atoms with van der Waals surface area (Å²) in [4.78, 5) is 15.7. The van der Waals surface area contributed by atoms with E-state index in [1.807, 2.05) is 0 Å². The molecule has 3 heterocycles. The fourth-order valence-electron chi connectivity index (χ4n) is 2.66. The Balaban J connectivity index is 1.87. The van der Waals surface area contributed by atoms with Gasteiger partial charge in [-0.2, -0.15) is 0 Å². The van der Waals surface area contributed by atoms with Gasteiger partial charge >= 0.3 is 6.16 Å². The SMILES string of the molecule is CCOC(=O)Oc1ncn2c1Cn1cnnc1-c1cc(F)ccc1-2. The van der Waals surface area contributed by atoms with Crippen molar-refractivity contribution in [2.24, 2.45) is 0 Å². The van der Waals surface area contributed by atoms with Crippen LogP contribution in [0.15, 0.2) is 30.9 Å². The Hall–Kier alpha value is -3.23. The Labute approximate surface area is 135 Å². The number of fused-ring (bicyclic) bond motifs is 5. The Kier molecular flexibility index (Phi) is 3.26. The van der Waals surface area contributed by atoms with Gasteiger partial charge in [-0.3, -0.25) is 4.57 Å². The average Bonchev–Trinajstić information content (AvgIpc) is 3.14. The van der Waals surface area contributed by atoms with E-state index in [0.29, 0.717) is 29.3 Å². The number of hydrogen-bond acceptors (Lipinski definition) is 6. The highest BCUT2D eigenvalue weighted by atomic mass is 19.1. The van der Waals surface area contributed by atoms with Gasteiger partial charge in [-0.15, -0.1) is 10.2 Å². The predicted molar refractivity (Wildman–Crippen MR) is 79.3 cm³/mol. The number of aromatic nitrogens is 5. The first-order valence-electron chi connectivity index (χ1n) is 7.26. The number of hydrogen-bond donors (Lipinski definition) is 0. The van der Waals surface area contributed by atoms with Crippen LogP contribution in [0, 0.1) is 5.82 Å². The van der Waals surface area contributed by atoms with Crippen molar-refractivity contribution >= 4 is 6.16 Å². The lowest BCUT2D eigenvalue weighted by Crippen LogP contribution is -2.12. The highest BCUT2D eigenvalue weighted by Gasteiger charge is 2.25. The van der Waals surface area contributed by atoms with E-state index in [4.69, 9.17) is 9.47 Å². The summed E-state index contributed by atoms with van der Waals surface area (Å²) < 4.78 is 27.1. The topological polar surface area (TPSA) is 84.1 Å². The van der Waals surface area contributed by atoms with Gasteiger partial charge in [0.05, 0.1) is 18.8 Å². The van der Waals surface area contributed by atoms with Gasteiger partial charge in [0.25, 0.3) is 0 Å². The first-order chi connectivity index (χ1) is 11.7. The molecule has 0 unspecified atom stereocenters. The summed E-state index contributed by atoms with van der Waals surface area (Å²) in [5, 5.41) is 7.94. The fraction of sp³-hybridized carbons (Fsp3) is 0.200. The summed E-state index contributed by atoms with van der Waals surface area (Å²) in [7, 11) is 0. The molecule has 8 nitrogen and oxygen atoms in total. The number of ether oxygens (including phenoxy) is 2. The molecule has 0 bridgehead atoms. The second kappa shape index (κ2) is 5.44. The molecule has 3 aromatic rings. The molecule has 2 aromatic heterocycles. The first-order valence-corrected chi connectivity index (χ1v) is 7.26. The van der Waals surface area contributed by atoms with Crippen LogP contribution in [0.25, 0.3) is 17.1 Å². The number of halogens is 1. The van der Waals surface area contributed by atoms with Gasteiger partial charge in [0.2, 0.25) is 5.88 Å². The van der Waals surface area contributed by atoms with Crippen molar-refractivity contribution in [2.75, 3.05) is 6.61 Å². The fourth-order valence-corrected chi connectivity index (χ4v) is 2.66. The van der Waals surface area contributed by atoms with E-state index >= 15 is 0 Å². The van der Waals surface area contributed by atoms with Crippen LogP contribution in [0.3, 0.4) is 0 Å². The third-order valence-corrected chi connectivity index (χ3v) is 3.67. The van der Waals surface area contributed by atoms with Gasteiger partial charge in [-0.25, -0.2) is 14.2 Å². The Morgan fingerprint density at radius 3 is 3.08 bits per heavy atom. The van der Waals surface area contributed by atoms with Gasteiger partial charge in [-0.05, 0) is 25.1 Å². The number of imidazole rings is 1. The summed E-state index contributed by atoms with van der Waals surface area (Å²) in [5.74, 6) is 0.274. The normalized spacial score (nSPS) is 11.9. The molecule has 24 heavy (non-hydrogen) atoms. The predicted octanol–water partition coefficient (Wildman–Crippen LogP) is 2.17. The maximum Gasteiger partial charge on any atom is 0.515 e. The van der Waals surface area contributed by atoms with Crippen LogP contribution in [-0.2, 0) is 11.3 Å². The van der Waals surface area contributed by atoms with Crippen molar-refractivity contribution in [2.45, 2.75) is 13.5 Å². The minimum absolute atomic E-state index is 0.130. The molecule has 9 heteroatoms. The zero-order valence-electron chi connectivity index (χ0n) is 12.6. The lowest BCUT2D eigenvalue weighted by Gasteiger charge is -2.08. The summed E-state index contributed by atoms with van der Waals surface area (Å²) in [6.07, 6.45) is 2.22. The van der Waals surface area contributed by atoms with Crippen molar-refractivity contribution in [1.82, 2.24) is 24.3 Å². The zero-order chi connectivity index (χ0) is 16.7. The van der Waals surface area contributed by atoms with Crippen LogP contribution in [0.2, 0.25) is 0 Å². The van der Waals surface area contributed by atoms with Crippen LogP contribution >= 0.6 is 0 Å². The number of rotatable bonds is 2. The molecule has 1 aromatic carbocycles. The molecule has 1 aliphatic rings. The average molecular weight is 329 g/mol. The quantitative estimate of drug-likeness (QED) is 0.524. The molecule has 0 aliphatic carbocycles. The van der Waals surface area contributed by atoms with Gasteiger partial charge < -0.3 is 14.0 Å². The molecular formula is C15H12FN5O3. The largest absolute Gasteiger partial charge is 0.515 e. The molecular weight excluding hydrogens is 317 g/mol. The van der Waals surface area contributed by atoms with Gasteiger partial charge in [0.1, 0.15) is 24.2 Å². The molecule has 0 N–H and O–H groups in total. The molecule has 0 radical (unpaired) electrons. The molecule has 0 amide bonds. The van der Waals surface area contributed by atoms with E-state index in [9.17, 15) is 9.18 Å². The maximum atomic E-state index is 13.7. The summed E-state index contributed by atoms with van der Waals surface area (Å²) >= 11 is 0. The molecule has 4 rings (SSSR count). The van der Waals surface area contributed by atoms with Crippen molar-refractivity contribution in [1.29, 1.82) is 0 Å². The third-order valence-electron chi connectivity index (χ3n) is 3.67. The smallest absolute Gasteiger partial charge is 0.434 e. The second-order valence-corrected chi connectivity index (χ2v) is 5.10. The van der Waals surface area contributed by atoms with Crippen molar-refractivity contribution in [3.63, 3.8) is 0 Å². The van der Waals surface area contributed by atoms with Crippen LogP contribution in [-0.4, -0.2) is 37.1 Å². The highest BCUT2D eigenvalue weighted by molar-refractivity contribution is 5.70. The summed E-state index contributed by atoms with van der Waals surface area (Å²) in [6.45, 7) is 2.20. The zero-order valence-corrected chi connectivity index (χ0v) is 12.6. The van der Waals surface area contributed by atoms with E-state index in [0.717, 1.165) is 0 Å². The monoisotopic (exact) mass is 329 g/mol. The number of carbonyl (C=O) groups excluding carboxylic acids is 1. The Morgan fingerprint density at radius 1 is 1.38 bits per heavy atom. The second-order valence-electron chi connectivity index (χ2n) is 5.10. The van der Waals surface area contributed by atoms with Crippen LogP contribution in [0.1, 0.15) is 12.6 Å². The molecule has 0 fully saturated rings. The minimum Gasteiger partial charge on any atom is -0.434 e. The lowest BCUT2D eigenvalue weighted by atomic mass is 10.1. The molecule has 0 saturated heterocycles. The van der Waals surface area contributed by atoms with Crippen LogP contribution in [0.5, 0.6) is 5.88 Å². The van der Waals surface area contributed by atoms with Crippen molar-refractivity contribution < 1.29 is 18.7 Å². The van der Waals surface area contributed by atoms with Gasteiger partial charge in [0.15, 0.2) is 5.82 Å². The molecule has 0 saturated carbocycles. The minimum atomic E-state index is -0.827. The standard InChI is InChI=1S/C15H12FN5O3/c1-2-23-15(22)24-14-12-6-20-8-18-19-13(20)10-5-9(16)3-4-11(10)21(12)7-17-14/h3-5,7-8H,2,6H2,1H3. The van der Waals surface area contributed by atoms with Crippen LogP contribution in [0.4, 0.5) is 9.18 Å². The van der Waals surface area contributed by atoms with Gasteiger partial charge in [0, 0.05) is 5.56 Å². The lowest BCUT2D eigenvalue weighted by molar-refractivity contribution is 0.102. The van der Waals surface area contributed by atoms with Crippen molar-refractivity contribution in [3.8, 4) is 23.0 Å². The maximum absolute atomic E-state index is 13.7. The number of carbonyl (C=O) groups is 1. The summed E-state index contributed by atoms with van der Waals surface area (Å²) in [5.41, 5.74) is 1.85. The summed E-state index contributed by atoms with van der Waals surface area (Å²) in [6, 6.07) is 4.35. The van der Waals surface area contributed by atoms with Crippen molar-refractivity contribution in [3.05, 3.63) is 42.4 Å². The highest BCUT2D eigenvalue weighted by Crippen LogP contribution is 2.33. The van der Waals surface area contributed by atoms with E-state index in [1.54, 1.807) is 22.1 Å². The third kappa shape index (κ3) is 2.21. The van der Waals surface area contributed by atoms with E-state index in [1.165, 1.54) is 24.8 Å². The molecule has 1 aliphatic heterocycles. The Morgan fingerprint density at radius 2 is 2.25 bits per heavy atom. The van der Waals surface area contributed by atoms with E-state index < -0.39 is 6.16 Å². The van der Waals surface area contributed by atoms with Gasteiger partial charge in [-0.1, -0.05) is 0 Å². The first kappa shape index (κ1) is 14.4. The van der Waals surface area contributed by atoms with E-state index in [-0.39, 0.29) is 18.3 Å². The molecule has 122 valence electrons. The number of benzene rings is 1. The molecule has 0 spiro atoms. The van der Waals surface area contributed by atoms with E-state index in [2.05, 4.69) is 15.2 Å². The Bertz CT molecular complexity index is 933. The number of nitrogens with zero attached hydrogens (tertiary/aromatic N) is 5.